The molecule has 20 heavy (non-hydrogen) atoms. The Kier molecular flexibility index (Phi) is 3.98. The number of benzene rings is 1. The van der Waals surface area contributed by atoms with Crippen LogP contribution in [0.25, 0.3) is 0 Å². The van der Waals surface area contributed by atoms with E-state index in [-0.39, 0.29) is 17.7 Å². The number of hydrogen-bond acceptors (Lipinski definition) is 2. The van der Waals surface area contributed by atoms with Crippen molar-refractivity contribution in [3.63, 3.8) is 0 Å². The molecule has 108 valence electrons. The van der Waals surface area contributed by atoms with Crippen molar-refractivity contribution in [3.8, 4) is 0 Å². The number of rotatable bonds is 4. The van der Waals surface area contributed by atoms with Gasteiger partial charge in [-0.3, -0.25) is 0 Å². The number of hydrogen-bond donors (Lipinski definition) is 0. The van der Waals surface area contributed by atoms with Crippen LogP contribution < -0.4 is 0 Å². The van der Waals surface area contributed by atoms with Crippen molar-refractivity contribution in [2.45, 2.75) is 45.6 Å². The first-order chi connectivity index (χ1) is 9.37. The van der Waals surface area contributed by atoms with Crippen LogP contribution in [0.5, 0.6) is 0 Å². The van der Waals surface area contributed by atoms with Crippen LogP contribution in [0.4, 0.5) is 4.39 Å². The number of halogens is 1. The maximum Gasteiger partial charge on any atom is 0.333 e. The lowest BCUT2D eigenvalue weighted by atomic mass is 9.84. The van der Waals surface area contributed by atoms with Gasteiger partial charge in [0, 0.05) is 11.5 Å². The van der Waals surface area contributed by atoms with E-state index in [0.29, 0.717) is 18.4 Å². The third kappa shape index (κ3) is 2.62. The third-order valence-electron chi connectivity index (χ3n) is 4.37. The predicted molar refractivity (Wildman–Crippen MR) is 76.9 cm³/mol. The summed E-state index contributed by atoms with van der Waals surface area (Å²) in [6, 6.07) is 5.18. The van der Waals surface area contributed by atoms with Gasteiger partial charge in [-0.2, -0.15) is 0 Å². The highest BCUT2D eigenvalue weighted by Crippen LogP contribution is 2.38. The number of esters is 1. The molecule has 0 saturated carbocycles. The summed E-state index contributed by atoms with van der Waals surface area (Å²) >= 11 is 0. The van der Waals surface area contributed by atoms with Crippen LogP contribution in [0.3, 0.4) is 0 Å². The Labute approximate surface area is 119 Å². The summed E-state index contributed by atoms with van der Waals surface area (Å²) in [5, 5.41) is 0. The molecule has 0 aliphatic heterocycles. The molecule has 0 aromatic heterocycles. The molecule has 0 amide bonds. The van der Waals surface area contributed by atoms with Gasteiger partial charge in [0.15, 0.2) is 0 Å². The molecule has 2 atom stereocenters. The molecule has 1 aliphatic rings. The smallest absolute Gasteiger partial charge is 0.333 e. The maximum atomic E-state index is 13.8. The van der Waals surface area contributed by atoms with Crippen LogP contribution in [0.15, 0.2) is 30.4 Å². The van der Waals surface area contributed by atoms with Crippen molar-refractivity contribution in [3.05, 3.63) is 47.3 Å². The van der Waals surface area contributed by atoms with Crippen LogP contribution >= 0.6 is 0 Å². The minimum atomic E-state index is -0.582. The first kappa shape index (κ1) is 14.8. The molecular formula is C17H21FO2. The van der Waals surface area contributed by atoms with E-state index < -0.39 is 5.60 Å². The van der Waals surface area contributed by atoms with Gasteiger partial charge in [-0.15, -0.1) is 0 Å². The Morgan fingerprint density at radius 3 is 2.75 bits per heavy atom. The molecule has 0 bridgehead atoms. The molecule has 2 unspecified atom stereocenters. The highest BCUT2D eigenvalue weighted by molar-refractivity contribution is 5.87. The van der Waals surface area contributed by atoms with Crippen LogP contribution in [0.1, 0.15) is 38.3 Å². The van der Waals surface area contributed by atoms with E-state index in [1.165, 1.54) is 6.07 Å². The molecule has 1 aromatic carbocycles. The second kappa shape index (κ2) is 5.39. The molecule has 0 heterocycles. The van der Waals surface area contributed by atoms with E-state index in [9.17, 15) is 9.18 Å². The topological polar surface area (TPSA) is 26.3 Å². The van der Waals surface area contributed by atoms with Gasteiger partial charge < -0.3 is 4.74 Å². The number of fused-ring (bicyclic) bond motifs is 1. The minimum absolute atomic E-state index is 0.114. The molecule has 0 saturated heterocycles. The SMILES string of the molecule is C=C(C)C(=O)OC(C)(CC)C1Cc2cccc(F)c2C1. The monoisotopic (exact) mass is 276 g/mol. The van der Waals surface area contributed by atoms with E-state index in [4.69, 9.17) is 4.74 Å². The van der Waals surface area contributed by atoms with E-state index >= 15 is 0 Å². The van der Waals surface area contributed by atoms with E-state index in [1.807, 2.05) is 19.9 Å². The Hall–Kier alpha value is -1.64. The average Bonchev–Trinajstić information content (AvgIpc) is 2.84. The van der Waals surface area contributed by atoms with Gasteiger partial charge in [0.2, 0.25) is 0 Å². The summed E-state index contributed by atoms with van der Waals surface area (Å²) in [5.41, 5.74) is 1.61. The average molecular weight is 276 g/mol. The number of carbonyl (C=O) groups is 1. The molecule has 0 fully saturated rings. The summed E-state index contributed by atoms with van der Waals surface area (Å²) in [4.78, 5) is 11.8. The summed E-state index contributed by atoms with van der Waals surface area (Å²) in [7, 11) is 0. The molecule has 0 radical (unpaired) electrons. The van der Waals surface area contributed by atoms with Gasteiger partial charge >= 0.3 is 5.97 Å². The fourth-order valence-electron chi connectivity index (χ4n) is 2.78. The van der Waals surface area contributed by atoms with Gasteiger partial charge in [0.05, 0.1) is 0 Å². The van der Waals surface area contributed by atoms with Crippen LogP contribution in [-0.4, -0.2) is 11.6 Å². The lowest BCUT2D eigenvalue weighted by Gasteiger charge is -2.34. The Balaban J connectivity index is 2.21. The second-order valence-corrected chi connectivity index (χ2v) is 5.82. The van der Waals surface area contributed by atoms with Crippen LogP contribution in [0, 0.1) is 11.7 Å². The molecular weight excluding hydrogens is 255 g/mol. The van der Waals surface area contributed by atoms with Gasteiger partial charge in [0.25, 0.3) is 0 Å². The van der Waals surface area contributed by atoms with Crippen molar-refractivity contribution in [2.75, 3.05) is 0 Å². The van der Waals surface area contributed by atoms with E-state index in [1.54, 1.807) is 13.0 Å². The third-order valence-corrected chi connectivity index (χ3v) is 4.37. The van der Waals surface area contributed by atoms with Gasteiger partial charge in [0.1, 0.15) is 11.4 Å². The summed E-state index contributed by atoms with van der Waals surface area (Å²) in [6.45, 7) is 9.18. The number of ether oxygens (including phenoxy) is 1. The van der Waals surface area contributed by atoms with Crippen molar-refractivity contribution >= 4 is 5.97 Å². The quantitative estimate of drug-likeness (QED) is 0.617. The maximum absolute atomic E-state index is 13.8. The molecule has 0 N–H and O–H groups in total. The molecule has 2 nitrogen and oxygen atoms in total. The zero-order chi connectivity index (χ0) is 14.9. The molecule has 3 heteroatoms. The van der Waals surface area contributed by atoms with E-state index in [0.717, 1.165) is 17.5 Å². The van der Waals surface area contributed by atoms with Crippen molar-refractivity contribution in [1.29, 1.82) is 0 Å². The Bertz CT molecular complexity index is 550. The van der Waals surface area contributed by atoms with Crippen molar-refractivity contribution in [2.24, 2.45) is 5.92 Å². The first-order valence-electron chi connectivity index (χ1n) is 7.02. The van der Waals surface area contributed by atoms with Gasteiger partial charge in [-0.25, -0.2) is 9.18 Å². The largest absolute Gasteiger partial charge is 0.456 e. The van der Waals surface area contributed by atoms with Gasteiger partial charge in [-0.1, -0.05) is 25.6 Å². The standard InChI is InChI=1S/C17H21FO2/c1-5-17(4,20-16(19)11(2)3)13-9-12-7-6-8-15(18)14(12)10-13/h6-8,13H,2,5,9-10H2,1,3-4H3. The minimum Gasteiger partial charge on any atom is -0.456 e. The molecule has 1 aliphatic carbocycles. The predicted octanol–water partition coefficient (Wildman–Crippen LogP) is 3.83. The van der Waals surface area contributed by atoms with Crippen LogP contribution in [-0.2, 0) is 22.4 Å². The zero-order valence-corrected chi connectivity index (χ0v) is 12.3. The summed E-state index contributed by atoms with van der Waals surface area (Å²) < 4.78 is 19.5. The Morgan fingerprint density at radius 1 is 1.50 bits per heavy atom. The van der Waals surface area contributed by atoms with Crippen LogP contribution in [0.2, 0.25) is 0 Å². The molecule has 2 rings (SSSR count). The highest BCUT2D eigenvalue weighted by atomic mass is 19.1. The lowest BCUT2D eigenvalue weighted by Crippen LogP contribution is -2.40. The molecule has 1 aromatic rings. The fourth-order valence-corrected chi connectivity index (χ4v) is 2.78. The zero-order valence-electron chi connectivity index (χ0n) is 12.3. The Morgan fingerprint density at radius 2 is 2.20 bits per heavy atom. The summed E-state index contributed by atoms with van der Waals surface area (Å²) in [5.74, 6) is -0.414. The fraction of sp³-hybridized carbons (Fsp3) is 0.471. The molecule has 0 spiro atoms. The van der Waals surface area contributed by atoms with E-state index in [2.05, 4.69) is 6.58 Å². The van der Waals surface area contributed by atoms with Gasteiger partial charge in [-0.05, 0) is 50.3 Å². The van der Waals surface area contributed by atoms with Crippen molar-refractivity contribution < 1.29 is 13.9 Å². The summed E-state index contributed by atoms with van der Waals surface area (Å²) in [6.07, 6.45) is 2.07. The van der Waals surface area contributed by atoms with Crippen molar-refractivity contribution in [1.82, 2.24) is 0 Å². The first-order valence-corrected chi connectivity index (χ1v) is 7.02. The highest BCUT2D eigenvalue weighted by Gasteiger charge is 2.40. The lowest BCUT2D eigenvalue weighted by molar-refractivity contribution is -0.159. The normalized spacial score (nSPS) is 20.1. The second-order valence-electron chi connectivity index (χ2n) is 5.82. The number of carbonyl (C=O) groups excluding carboxylic acids is 1.